The second-order valence-electron chi connectivity index (χ2n) is 7.33. The molecule has 1 N–H and O–H groups in total. The van der Waals surface area contributed by atoms with Gasteiger partial charge in [-0.15, -0.1) is 0 Å². The number of amides is 1. The van der Waals surface area contributed by atoms with Crippen LogP contribution < -0.4 is 0 Å². The standard InChI is InChI=1S/C24H20FNO4/c1-14-6-3-4-8-18(14)21-20(22(27)16-9-10-19(25)15(2)12-16)23(28)24(29)26(21)13-17-7-5-11-30-17/h3-12,21,27H,13H2,1-2H3/b22-20+. The topological polar surface area (TPSA) is 70.8 Å². The number of carbonyl (C=O) groups is 2. The van der Waals surface area contributed by atoms with Crippen LogP contribution >= 0.6 is 0 Å². The van der Waals surface area contributed by atoms with Gasteiger partial charge in [-0.1, -0.05) is 24.3 Å². The molecule has 0 saturated carbocycles. The molecule has 1 atom stereocenters. The molecular formula is C24H20FNO4. The molecule has 152 valence electrons. The molecule has 3 aromatic rings. The summed E-state index contributed by atoms with van der Waals surface area (Å²) in [7, 11) is 0. The number of ketones is 1. The molecular weight excluding hydrogens is 385 g/mol. The van der Waals surface area contributed by atoms with Gasteiger partial charge in [0, 0.05) is 5.56 Å². The van der Waals surface area contributed by atoms with Crippen LogP contribution in [0.1, 0.15) is 34.1 Å². The summed E-state index contributed by atoms with van der Waals surface area (Å²) >= 11 is 0. The van der Waals surface area contributed by atoms with Crippen molar-refractivity contribution >= 4 is 17.4 Å². The van der Waals surface area contributed by atoms with Crippen LogP contribution in [0.25, 0.3) is 5.76 Å². The minimum absolute atomic E-state index is 0.0214. The third-order valence-corrected chi connectivity index (χ3v) is 5.36. The Morgan fingerprint density at radius 3 is 2.50 bits per heavy atom. The predicted molar refractivity (Wildman–Crippen MR) is 109 cm³/mol. The number of rotatable bonds is 4. The quantitative estimate of drug-likeness (QED) is 0.389. The fourth-order valence-electron chi connectivity index (χ4n) is 3.78. The van der Waals surface area contributed by atoms with Crippen LogP contribution in [0.4, 0.5) is 4.39 Å². The lowest BCUT2D eigenvalue weighted by Gasteiger charge is -2.25. The van der Waals surface area contributed by atoms with E-state index in [1.54, 1.807) is 19.1 Å². The number of halogens is 1. The number of likely N-dealkylation sites (tertiary alicyclic amines) is 1. The predicted octanol–water partition coefficient (Wildman–Crippen LogP) is 4.66. The van der Waals surface area contributed by atoms with Crippen molar-refractivity contribution in [2.75, 3.05) is 0 Å². The second kappa shape index (κ2) is 7.63. The van der Waals surface area contributed by atoms with Gasteiger partial charge in [0.25, 0.3) is 11.7 Å². The summed E-state index contributed by atoms with van der Waals surface area (Å²) in [6.45, 7) is 3.53. The van der Waals surface area contributed by atoms with E-state index in [4.69, 9.17) is 4.42 Å². The summed E-state index contributed by atoms with van der Waals surface area (Å²) in [5.41, 5.74) is 2.19. The second-order valence-corrected chi connectivity index (χ2v) is 7.33. The fraction of sp³-hybridized carbons (Fsp3) is 0.167. The summed E-state index contributed by atoms with van der Waals surface area (Å²) < 4.78 is 19.1. The zero-order valence-electron chi connectivity index (χ0n) is 16.6. The Bertz CT molecular complexity index is 1160. The lowest BCUT2D eigenvalue weighted by atomic mass is 9.92. The van der Waals surface area contributed by atoms with E-state index in [9.17, 15) is 19.1 Å². The maximum absolute atomic E-state index is 13.7. The number of hydrogen-bond acceptors (Lipinski definition) is 4. The van der Waals surface area contributed by atoms with Crippen molar-refractivity contribution in [2.24, 2.45) is 0 Å². The van der Waals surface area contributed by atoms with Gasteiger partial charge in [0.05, 0.1) is 24.4 Å². The van der Waals surface area contributed by atoms with Crippen LogP contribution in [0.3, 0.4) is 0 Å². The maximum Gasteiger partial charge on any atom is 0.296 e. The number of aliphatic hydroxyl groups is 1. The monoisotopic (exact) mass is 405 g/mol. The van der Waals surface area contributed by atoms with Crippen molar-refractivity contribution in [1.29, 1.82) is 0 Å². The first-order valence-electron chi connectivity index (χ1n) is 9.51. The first-order valence-corrected chi connectivity index (χ1v) is 9.51. The van der Waals surface area contributed by atoms with Gasteiger partial charge in [0.1, 0.15) is 17.3 Å². The average molecular weight is 405 g/mol. The largest absolute Gasteiger partial charge is 0.507 e. The number of carbonyl (C=O) groups excluding carboxylic acids is 2. The Morgan fingerprint density at radius 2 is 1.83 bits per heavy atom. The summed E-state index contributed by atoms with van der Waals surface area (Å²) in [5.74, 6) is -1.73. The van der Waals surface area contributed by atoms with Crippen LogP contribution in [-0.4, -0.2) is 21.7 Å². The molecule has 5 nitrogen and oxygen atoms in total. The zero-order chi connectivity index (χ0) is 21.4. The molecule has 1 aliphatic rings. The van der Waals surface area contributed by atoms with E-state index in [0.29, 0.717) is 11.3 Å². The van der Waals surface area contributed by atoms with Crippen molar-refractivity contribution in [1.82, 2.24) is 4.90 Å². The van der Waals surface area contributed by atoms with Gasteiger partial charge < -0.3 is 14.4 Å². The third kappa shape index (κ3) is 3.30. The minimum atomic E-state index is -0.790. The van der Waals surface area contributed by atoms with E-state index in [1.807, 2.05) is 31.2 Å². The van der Waals surface area contributed by atoms with Crippen molar-refractivity contribution in [3.8, 4) is 0 Å². The van der Waals surface area contributed by atoms with Gasteiger partial charge in [0.15, 0.2) is 0 Å². The van der Waals surface area contributed by atoms with E-state index >= 15 is 0 Å². The zero-order valence-corrected chi connectivity index (χ0v) is 16.6. The highest BCUT2D eigenvalue weighted by atomic mass is 19.1. The van der Waals surface area contributed by atoms with Crippen LogP contribution in [0, 0.1) is 19.7 Å². The lowest BCUT2D eigenvalue weighted by molar-refractivity contribution is -0.140. The number of Topliss-reactive ketones (excluding diaryl/α,β-unsaturated/α-hetero) is 1. The molecule has 1 fully saturated rings. The van der Waals surface area contributed by atoms with Crippen LogP contribution in [-0.2, 0) is 16.1 Å². The molecule has 0 radical (unpaired) electrons. The van der Waals surface area contributed by atoms with E-state index < -0.39 is 23.5 Å². The smallest absolute Gasteiger partial charge is 0.296 e. The Balaban J connectivity index is 1.90. The number of aryl methyl sites for hydroxylation is 2. The van der Waals surface area contributed by atoms with Gasteiger partial charge in [0.2, 0.25) is 0 Å². The molecule has 1 aliphatic heterocycles. The van der Waals surface area contributed by atoms with Crippen molar-refractivity contribution in [2.45, 2.75) is 26.4 Å². The molecule has 4 rings (SSSR count). The normalized spacial score (nSPS) is 18.2. The van der Waals surface area contributed by atoms with Crippen molar-refractivity contribution in [3.05, 3.63) is 100 Å². The first-order chi connectivity index (χ1) is 14.4. The van der Waals surface area contributed by atoms with Crippen molar-refractivity contribution < 1.29 is 23.5 Å². The van der Waals surface area contributed by atoms with Crippen LogP contribution in [0.5, 0.6) is 0 Å². The average Bonchev–Trinajstić information content (AvgIpc) is 3.32. The molecule has 1 amide bonds. The van der Waals surface area contributed by atoms with Gasteiger partial charge in [-0.05, 0) is 60.9 Å². The van der Waals surface area contributed by atoms with E-state index in [0.717, 1.165) is 11.1 Å². The summed E-state index contributed by atoms with van der Waals surface area (Å²) in [4.78, 5) is 27.3. The van der Waals surface area contributed by atoms with Gasteiger partial charge in [-0.3, -0.25) is 9.59 Å². The molecule has 0 spiro atoms. The highest BCUT2D eigenvalue weighted by Crippen LogP contribution is 2.41. The SMILES string of the molecule is Cc1cc(/C(O)=C2\C(=O)C(=O)N(Cc3ccco3)C2c2ccccc2C)ccc1F. The molecule has 30 heavy (non-hydrogen) atoms. The van der Waals surface area contributed by atoms with E-state index in [-0.39, 0.29) is 23.4 Å². The molecule has 0 aliphatic carbocycles. The number of hydrogen-bond donors (Lipinski definition) is 1. The summed E-state index contributed by atoms with van der Waals surface area (Å²) in [6, 6.07) is 14.1. The Labute approximate surface area is 173 Å². The summed E-state index contributed by atoms with van der Waals surface area (Å²) in [5, 5.41) is 11.0. The molecule has 1 aromatic heterocycles. The molecule has 2 heterocycles. The Morgan fingerprint density at radius 1 is 1.07 bits per heavy atom. The molecule has 1 saturated heterocycles. The molecule has 0 bridgehead atoms. The highest BCUT2D eigenvalue weighted by Gasteiger charge is 2.46. The Hall–Kier alpha value is -3.67. The Kier molecular flexibility index (Phi) is 4.99. The number of aliphatic hydroxyl groups excluding tert-OH is 1. The maximum atomic E-state index is 13.7. The van der Waals surface area contributed by atoms with Crippen LogP contribution in [0.2, 0.25) is 0 Å². The lowest BCUT2D eigenvalue weighted by Crippen LogP contribution is -2.29. The van der Waals surface area contributed by atoms with Gasteiger partial charge in [-0.25, -0.2) is 4.39 Å². The van der Waals surface area contributed by atoms with Crippen molar-refractivity contribution in [3.63, 3.8) is 0 Å². The molecule has 2 aromatic carbocycles. The third-order valence-electron chi connectivity index (χ3n) is 5.36. The molecule has 1 unspecified atom stereocenters. The van der Waals surface area contributed by atoms with Crippen LogP contribution in [0.15, 0.2) is 70.9 Å². The highest BCUT2D eigenvalue weighted by molar-refractivity contribution is 6.46. The first kappa shape index (κ1) is 19.6. The fourth-order valence-corrected chi connectivity index (χ4v) is 3.78. The van der Waals surface area contributed by atoms with E-state index in [2.05, 4.69) is 0 Å². The van der Waals surface area contributed by atoms with E-state index in [1.165, 1.54) is 29.4 Å². The number of benzene rings is 2. The number of nitrogens with zero attached hydrogens (tertiary/aromatic N) is 1. The van der Waals surface area contributed by atoms with Gasteiger partial charge >= 0.3 is 0 Å². The molecule has 6 heteroatoms. The minimum Gasteiger partial charge on any atom is -0.507 e. The summed E-state index contributed by atoms with van der Waals surface area (Å²) in [6.07, 6.45) is 1.50. The van der Waals surface area contributed by atoms with Gasteiger partial charge in [-0.2, -0.15) is 0 Å². The number of furan rings is 1.